The molecule has 1 aliphatic rings. The molecule has 70 valence electrons. The van der Waals surface area contributed by atoms with E-state index in [0.29, 0.717) is 11.8 Å². The molecule has 2 nitrogen and oxygen atoms in total. The van der Waals surface area contributed by atoms with Gasteiger partial charge in [-0.15, -0.1) is 0 Å². The van der Waals surface area contributed by atoms with Gasteiger partial charge in [0.05, 0.1) is 0 Å². The lowest BCUT2D eigenvalue weighted by Gasteiger charge is -2.34. The van der Waals surface area contributed by atoms with E-state index >= 15 is 0 Å². The molecule has 1 heterocycles. The molecule has 1 aliphatic heterocycles. The standard InChI is InChI=1S/C10H18O2/c1-7(2)9-10(8(3)4)12-6-5-11-9/h5-10H,1-4H3. The molecule has 0 amide bonds. The lowest BCUT2D eigenvalue weighted by molar-refractivity contribution is -0.0744. The molecule has 2 unspecified atom stereocenters. The third-order valence-electron chi connectivity index (χ3n) is 2.16. The third-order valence-corrected chi connectivity index (χ3v) is 2.16. The van der Waals surface area contributed by atoms with E-state index in [9.17, 15) is 0 Å². The van der Waals surface area contributed by atoms with E-state index in [1.54, 1.807) is 12.5 Å². The quantitative estimate of drug-likeness (QED) is 0.634. The minimum atomic E-state index is 0.204. The maximum atomic E-state index is 5.51. The molecular formula is C10H18O2. The van der Waals surface area contributed by atoms with Crippen LogP contribution in [0.15, 0.2) is 12.5 Å². The fourth-order valence-corrected chi connectivity index (χ4v) is 1.47. The minimum absolute atomic E-state index is 0.204. The van der Waals surface area contributed by atoms with Crippen molar-refractivity contribution in [2.24, 2.45) is 11.8 Å². The topological polar surface area (TPSA) is 18.5 Å². The second-order valence-corrected chi connectivity index (χ2v) is 3.96. The summed E-state index contributed by atoms with van der Waals surface area (Å²) in [7, 11) is 0. The highest BCUT2D eigenvalue weighted by atomic mass is 16.6. The number of ether oxygens (including phenoxy) is 2. The summed E-state index contributed by atoms with van der Waals surface area (Å²) >= 11 is 0. The predicted octanol–water partition coefficient (Wildman–Crippen LogP) is 2.55. The van der Waals surface area contributed by atoms with Crippen LogP contribution in [0, 0.1) is 11.8 Å². The third kappa shape index (κ3) is 1.93. The van der Waals surface area contributed by atoms with Crippen LogP contribution >= 0.6 is 0 Å². The van der Waals surface area contributed by atoms with Crippen molar-refractivity contribution in [3.63, 3.8) is 0 Å². The Morgan fingerprint density at radius 1 is 0.833 bits per heavy atom. The van der Waals surface area contributed by atoms with Gasteiger partial charge < -0.3 is 9.47 Å². The summed E-state index contributed by atoms with van der Waals surface area (Å²) in [5.41, 5.74) is 0. The van der Waals surface area contributed by atoms with Gasteiger partial charge in [0.25, 0.3) is 0 Å². The van der Waals surface area contributed by atoms with Gasteiger partial charge in [0.2, 0.25) is 0 Å². The van der Waals surface area contributed by atoms with Gasteiger partial charge in [0.15, 0.2) is 0 Å². The van der Waals surface area contributed by atoms with Crippen molar-refractivity contribution in [2.45, 2.75) is 39.9 Å². The van der Waals surface area contributed by atoms with Gasteiger partial charge in [-0.2, -0.15) is 0 Å². The molecule has 2 heteroatoms. The Hall–Kier alpha value is -0.660. The highest BCUT2D eigenvalue weighted by Crippen LogP contribution is 2.23. The summed E-state index contributed by atoms with van der Waals surface area (Å²) in [6.45, 7) is 8.62. The van der Waals surface area contributed by atoms with Crippen LogP contribution in [0.5, 0.6) is 0 Å². The molecule has 0 fully saturated rings. The zero-order chi connectivity index (χ0) is 9.14. The van der Waals surface area contributed by atoms with Crippen molar-refractivity contribution in [1.29, 1.82) is 0 Å². The van der Waals surface area contributed by atoms with Crippen molar-refractivity contribution >= 4 is 0 Å². The Bertz CT molecular complexity index is 143. The Kier molecular flexibility index (Phi) is 3.01. The van der Waals surface area contributed by atoms with E-state index in [2.05, 4.69) is 27.7 Å². The highest BCUT2D eigenvalue weighted by molar-refractivity contribution is 4.85. The monoisotopic (exact) mass is 170 g/mol. The van der Waals surface area contributed by atoms with Crippen LogP contribution in [-0.4, -0.2) is 12.2 Å². The Morgan fingerprint density at radius 3 is 1.42 bits per heavy atom. The van der Waals surface area contributed by atoms with Crippen molar-refractivity contribution in [3.8, 4) is 0 Å². The average Bonchev–Trinajstić information content (AvgIpc) is 2.04. The van der Waals surface area contributed by atoms with Crippen LogP contribution in [0.3, 0.4) is 0 Å². The van der Waals surface area contributed by atoms with Crippen LogP contribution in [-0.2, 0) is 9.47 Å². The van der Waals surface area contributed by atoms with Gasteiger partial charge in [-0.3, -0.25) is 0 Å². The van der Waals surface area contributed by atoms with Crippen molar-refractivity contribution < 1.29 is 9.47 Å². The molecule has 0 aromatic rings. The molecular weight excluding hydrogens is 152 g/mol. The average molecular weight is 170 g/mol. The predicted molar refractivity (Wildman–Crippen MR) is 48.6 cm³/mol. The van der Waals surface area contributed by atoms with Crippen LogP contribution in [0.4, 0.5) is 0 Å². The SMILES string of the molecule is CC(C)C1OC=COC1C(C)C. The molecule has 0 radical (unpaired) electrons. The lowest BCUT2D eigenvalue weighted by atomic mass is 9.93. The molecule has 0 aromatic carbocycles. The van der Waals surface area contributed by atoms with Crippen LogP contribution < -0.4 is 0 Å². The smallest absolute Gasteiger partial charge is 0.137 e. The van der Waals surface area contributed by atoms with Gasteiger partial charge in [0, 0.05) is 0 Å². The lowest BCUT2D eigenvalue weighted by Crippen LogP contribution is -2.39. The van der Waals surface area contributed by atoms with E-state index in [-0.39, 0.29) is 12.2 Å². The molecule has 0 aromatic heterocycles. The second-order valence-electron chi connectivity index (χ2n) is 3.96. The summed E-state index contributed by atoms with van der Waals surface area (Å²) in [5.74, 6) is 1.00. The minimum Gasteiger partial charge on any atom is -0.491 e. The molecule has 0 bridgehead atoms. The van der Waals surface area contributed by atoms with Gasteiger partial charge >= 0.3 is 0 Å². The molecule has 2 atom stereocenters. The van der Waals surface area contributed by atoms with E-state index in [4.69, 9.17) is 9.47 Å². The Labute approximate surface area is 74.6 Å². The van der Waals surface area contributed by atoms with Gasteiger partial charge in [-0.25, -0.2) is 0 Å². The van der Waals surface area contributed by atoms with Crippen molar-refractivity contribution in [3.05, 3.63) is 12.5 Å². The second kappa shape index (κ2) is 3.83. The summed E-state index contributed by atoms with van der Waals surface area (Å²) in [6, 6.07) is 0. The number of hydrogen-bond acceptors (Lipinski definition) is 2. The molecule has 0 saturated heterocycles. The highest BCUT2D eigenvalue weighted by Gasteiger charge is 2.30. The van der Waals surface area contributed by atoms with E-state index in [1.165, 1.54) is 0 Å². The number of hydrogen-bond donors (Lipinski definition) is 0. The maximum Gasteiger partial charge on any atom is 0.137 e. The fraction of sp³-hybridized carbons (Fsp3) is 0.800. The largest absolute Gasteiger partial charge is 0.491 e. The van der Waals surface area contributed by atoms with Crippen molar-refractivity contribution in [2.75, 3.05) is 0 Å². The van der Waals surface area contributed by atoms with Crippen molar-refractivity contribution in [1.82, 2.24) is 0 Å². The summed E-state index contributed by atoms with van der Waals surface area (Å²) in [4.78, 5) is 0. The molecule has 0 N–H and O–H groups in total. The van der Waals surface area contributed by atoms with Gasteiger partial charge in [-0.1, -0.05) is 27.7 Å². The van der Waals surface area contributed by atoms with Crippen LogP contribution in [0.1, 0.15) is 27.7 Å². The summed E-state index contributed by atoms with van der Waals surface area (Å²) in [5, 5.41) is 0. The van der Waals surface area contributed by atoms with E-state index in [0.717, 1.165) is 0 Å². The first-order chi connectivity index (χ1) is 5.63. The molecule has 0 spiro atoms. The zero-order valence-electron chi connectivity index (χ0n) is 8.28. The first kappa shape index (κ1) is 9.43. The van der Waals surface area contributed by atoms with Gasteiger partial charge in [0.1, 0.15) is 24.7 Å². The zero-order valence-corrected chi connectivity index (χ0v) is 8.28. The molecule has 0 saturated carbocycles. The summed E-state index contributed by atoms with van der Waals surface area (Å²) < 4.78 is 11.0. The molecule has 1 rings (SSSR count). The Balaban J connectivity index is 2.63. The first-order valence-corrected chi connectivity index (χ1v) is 4.59. The number of rotatable bonds is 2. The van der Waals surface area contributed by atoms with E-state index < -0.39 is 0 Å². The summed E-state index contributed by atoms with van der Waals surface area (Å²) in [6.07, 6.45) is 3.69. The Morgan fingerprint density at radius 2 is 1.17 bits per heavy atom. The first-order valence-electron chi connectivity index (χ1n) is 4.59. The molecule has 12 heavy (non-hydrogen) atoms. The molecule has 0 aliphatic carbocycles. The fourth-order valence-electron chi connectivity index (χ4n) is 1.47. The van der Waals surface area contributed by atoms with Crippen LogP contribution in [0.2, 0.25) is 0 Å². The normalized spacial score (nSPS) is 28.8. The van der Waals surface area contributed by atoms with Gasteiger partial charge in [-0.05, 0) is 11.8 Å². The van der Waals surface area contributed by atoms with Crippen LogP contribution in [0.25, 0.3) is 0 Å². The maximum absolute atomic E-state index is 5.51. The van der Waals surface area contributed by atoms with E-state index in [1.807, 2.05) is 0 Å².